The van der Waals surface area contributed by atoms with Gasteiger partial charge < -0.3 is 8.23 Å². The molecule has 132 valence electrons. The quantitative estimate of drug-likeness (QED) is 0.463. The fraction of sp³-hybridized carbons (Fsp3) is 0.111. The summed E-state index contributed by atoms with van der Waals surface area (Å²) in [7, 11) is -8.52. The second kappa shape index (κ2) is 8.18. The van der Waals surface area contributed by atoms with E-state index >= 15 is 0 Å². The molecule has 2 aromatic carbocycles. The molecule has 0 radical (unpaired) electrons. The van der Waals surface area contributed by atoms with Crippen LogP contribution in [0.25, 0.3) is 0 Å². The number of hydrogen-bond donors (Lipinski definition) is 0. The first-order valence-corrected chi connectivity index (χ1v) is 16.7. The maximum atomic E-state index is 6.68. The van der Waals surface area contributed by atoms with Crippen LogP contribution in [0.2, 0.25) is 13.1 Å². The molecule has 0 amide bonds. The Morgan fingerprint density at radius 3 is 1.32 bits per heavy atom. The maximum absolute atomic E-state index is 6.68. The molecule has 0 saturated carbocycles. The SMILES string of the molecule is C=C[Si](C)(Cl)O[Si](O[Si](C)(Cl)C=C)(c1ccccc1)c1ccccc1. The molecule has 0 aliphatic rings. The lowest BCUT2D eigenvalue weighted by Gasteiger charge is -2.39. The highest BCUT2D eigenvalue weighted by Gasteiger charge is 2.51. The first kappa shape index (κ1) is 20.4. The van der Waals surface area contributed by atoms with Crippen molar-refractivity contribution in [2.45, 2.75) is 13.1 Å². The van der Waals surface area contributed by atoms with Crippen molar-refractivity contribution in [3.05, 3.63) is 85.2 Å². The zero-order valence-corrected chi connectivity index (χ0v) is 18.9. The van der Waals surface area contributed by atoms with E-state index in [4.69, 9.17) is 30.4 Å². The second-order valence-corrected chi connectivity index (χ2v) is 19.2. The van der Waals surface area contributed by atoms with Crippen LogP contribution in [0, 0.1) is 0 Å². The Balaban J connectivity index is 2.73. The number of benzene rings is 2. The van der Waals surface area contributed by atoms with Gasteiger partial charge in [0.2, 0.25) is 0 Å². The zero-order chi connectivity index (χ0) is 18.6. The first-order chi connectivity index (χ1) is 11.7. The Morgan fingerprint density at radius 2 is 1.04 bits per heavy atom. The lowest BCUT2D eigenvalue weighted by atomic mass is 10.4. The van der Waals surface area contributed by atoms with Gasteiger partial charge in [-0.3, -0.25) is 0 Å². The van der Waals surface area contributed by atoms with E-state index in [1.165, 1.54) is 0 Å². The molecule has 0 aliphatic heterocycles. The van der Waals surface area contributed by atoms with Gasteiger partial charge in [0.05, 0.1) is 0 Å². The fourth-order valence-electron chi connectivity index (χ4n) is 2.38. The predicted molar refractivity (Wildman–Crippen MR) is 115 cm³/mol. The van der Waals surface area contributed by atoms with Crippen LogP contribution in [0.15, 0.2) is 85.2 Å². The standard InChI is InChI=1S/C18H22Cl2O2Si3/c1-5-23(3,19)21-25(22-24(4,20)6-2,17-13-9-7-10-14-17)18-15-11-8-12-16-18/h5-16H,1-2H2,3-4H3. The van der Waals surface area contributed by atoms with Gasteiger partial charge in [0, 0.05) is 0 Å². The van der Waals surface area contributed by atoms with Crippen molar-refractivity contribution < 1.29 is 8.23 Å². The van der Waals surface area contributed by atoms with Crippen LogP contribution in [-0.2, 0) is 8.23 Å². The molecule has 2 unspecified atom stereocenters. The summed E-state index contributed by atoms with van der Waals surface area (Å²) in [6.45, 7) is 11.5. The van der Waals surface area contributed by atoms with Gasteiger partial charge in [0.15, 0.2) is 0 Å². The van der Waals surface area contributed by atoms with Crippen molar-refractivity contribution in [3.63, 3.8) is 0 Å². The molecular formula is C18H22Cl2O2Si3. The number of rotatable bonds is 8. The molecule has 2 rings (SSSR count). The maximum Gasteiger partial charge on any atom is 0.388 e. The molecule has 2 aromatic rings. The van der Waals surface area contributed by atoms with Crippen molar-refractivity contribution in [1.82, 2.24) is 0 Å². The third kappa shape index (κ3) is 5.04. The van der Waals surface area contributed by atoms with E-state index in [2.05, 4.69) is 13.2 Å². The van der Waals surface area contributed by atoms with Gasteiger partial charge in [0.25, 0.3) is 0 Å². The van der Waals surface area contributed by atoms with Gasteiger partial charge in [-0.1, -0.05) is 72.1 Å². The van der Waals surface area contributed by atoms with Crippen molar-refractivity contribution in [2.75, 3.05) is 0 Å². The Hall–Kier alpha value is -0.929. The molecule has 0 N–H and O–H groups in total. The van der Waals surface area contributed by atoms with Crippen LogP contribution < -0.4 is 10.4 Å². The lowest BCUT2D eigenvalue weighted by molar-refractivity contribution is 0.430. The molecule has 2 atom stereocenters. The highest BCUT2D eigenvalue weighted by Crippen LogP contribution is 2.26. The molecule has 0 saturated heterocycles. The van der Waals surface area contributed by atoms with Crippen LogP contribution in [0.5, 0.6) is 0 Å². The summed E-state index contributed by atoms with van der Waals surface area (Å²) in [6.07, 6.45) is 0. The van der Waals surface area contributed by atoms with E-state index in [0.29, 0.717) is 0 Å². The average Bonchev–Trinajstić information content (AvgIpc) is 2.62. The van der Waals surface area contributed by atoms with Crippen molar-refractivity contribution >= 4 is 56.3 Å². The van der Waals surface area contributed by atoms with Crippen LogP contribution in [-0.4, -0.2) is 23.8 Å². The normalized spacial score (nSPS) is 16.5. The Labute approximate surface area is 162 Å². The Kier molecular flexibility index (Phi) is 6.67. The highest BCUT2D eigenvalue weighted by molar-refractivity contribution is 7.25. The summed E-state index contributed by atoms with van der Waals surface area (Å²) in [5.74, 6) is 0. The summed E-state index contributed by atoms with van der Waals surface area (Å²) >= 11 is 13.4. The molecule has 0 aliphatic carbocycles. The van der Waals surface area contributed by atoms with Crippen molar-refractivity contribution in [1.29, 1.82) is 0 Å². The smallest absolute Gasteiger partial charge is 0.388 e. The van der Waals surface area contributed by atoms with Crippen molar-refractivity contribution in [3.8, 4) is 0 Å². The van der Waals surface area contributed by atoms with Crippen LogP contribution in [0.3, 0.4) is 0 Å². The van der Waals surface area contributed by atoms with Crippen LogP contribution >= 0.6 is 22.2 Å². The minimum Gasteiger partial charge on any atom is -0.415 e. The van der Waals surface area contributed by atoms with Gasteiger partial charge in [0.1, 0.15) is 0 Å². The topological polar surface area (TPSA) is 18.5 Å². The minimum atomic E-state index is -3.14. The van der Waals surface area contributed by atoms with Gasteiger partial charge in [-0.25, -0.2) is 0 Å². The molecule has 0 aromatic heterocycles. The molecule has 0 heterocycles. The van der Waals surface area contributed by atoms with E-state index < -0.39 is 23.8 Å². The summed E-state index contributed by atoms with van der Waals surface area (Å²) < 4.78 is 13.2. The average molecular weight is 426 g/mol. The largest absolute Gasteiger partial charge is 0.415 e. The summed E-state index contributed by atoms with van der Waals surface area (Å²) in [5.41, 5.74) is 3.40. The lowest BCUT2D eigenvalue weighted by Crippen LogP contribution is -2.69. The highest BCUT2D eigenvalue weighted by atomic mass is 35.6. The van der Waals surface area contributed by atoms with Gasteiger partial charge in [-0.2, -0.15) is 0 Å². The summed E-state index contributed by atoms with van der Waals surface area (Å²) in [4.78, 5) is 0. The molecular weight excluding hydrogens is 403 g/mol. The van der Waals surface area contributed by atoms with E-state index in [1.807, 2.05) is 73.8 Å². The third-order valence-corrected chi connectivity index (χ3v) is 15.2. The third-order valence-electron chi connectivity index (χ3n) is 3.72. The molecule has 7 heteroatoms. The van der Waals surface area contributed by atoms with E-state index in [1.54, 1.807) is 11.4 Å². The van der Waals surface area contributed by atoms with Crippen LogP contribution in [0.1, 0.15) is 0 Å². The Morgan fingerprint density at radius 1 is 0.720 bits per heavy atom. The van der Waals surface area contributed by atoms with Gasteiger partial charge in [-0.15, -0.1) is 35.3 Å². The fourth-order valence-corrected chi connectivity index (χ4v) is 13.5. The first-order valence-electron chi connectivity index (χ1n) is 7.91. The van der Waals surface area contributed by atoms with E-state index in [0.717, 1.165) is 10.4 Å². The minimum absolute atomic E-state index is 0.962. The molecule has 2 nitrogen and oxygen atoms in total. The second-order valence-electron chi connectivity index (χ2n) is 5.93. The molecule has 0 fully saturated rings. The molecule has 25 heavy (non-hydrogen) atoms. The summed E-state index contributed by atoms with van der Waals surface area (Å²) in [5, 5.41) is 1.92. The van der Waals surface area contributed by atoms with Crippen LogP contribution in [0.4, 0.5) is 0 Å². The van der Waals surface area contributed by atoms with Gasteiger partial charge >= 0.3 is 23.8 Å². The molecule has 0 spiro atoms. The zero-order valence-electron chi connectivity index (χ0n) is 14.4. The number of hydrogen-bond acceptors (Lipinski definition) is 2. The monoisotopic (exact) mass is 424 g/mol. The van der Waals surface area contributed by atoms with E-state index in [-0.39, 0.29) is 0 Å². The number of halogens is 2. The Bertz CT molecular complexity index is 658. The van der Waals surface area contributed by atoms with Gasteiger partial charge in [-0.05, 0) is 23.5 Å². The van der Waals surface area contributed by atoms with Crippen molar-refractivity contribution in [2.24, 2.45) is 0 Å². The molecule has 0 bridgehead atoms. The summed E-state index contributed by atoms with van der Waals surface area (Å²) in [6, 6.07) is 19.8. The predicted octanol–water partition coefficient (Wildman–Crippen LogP) is 4.35. The van der Waals surface area contributed by atoms with E-state index in [9.17, 15) is 0 Å².